The second-order valence-corrected chi connectivity index (χ2v) is 3.95. The third-order valence-corrected chi connectivity index (χ3v) is 2.03. The van der Waals surface area contributed by atoms with E-state index in [9.17, 15) is 0 Å². The molecule has 3 heteroatoms. The van der Waals surface area contributed by atoms with Gasteiger partial charge in [-0.25, -0.2) is 0 Å². The van der Waals surface area contributed by atoms with Crippen LogP contribution in [0.2, 0.25) is 0 Å². The van der Waals surface area contributed by atoms with Crippen LogP contribution >= 0.6 is 0 Å². The van der Waals surface area contributed by atoms with Gasteiger partial charge in [-0.1, -0.05) is 13.8 Å². The molecular weight excluding hydrogens is 192 g/mol. The minimum atomic E-state index is -0.195. The maximum atomic E-state index is 5.50. The summed E-state index contributed by atoms with van der Waals surface area (Å²) in [5, 5.41) is 0. The van der Waals surface area contributed by atoms with Gasteiger partial charge >= 0.3 is 0 Å². The van der Waals surface area contributed by atoms with Gasteiger partial charge in [0.2, 0.25) is 0 Å². The number of ether oxygens (including phenoxy) is 3. The summed E-state index contributed by atoms with van der Waals surface area (Å²) in [5.41, 5.74) is 0. The summed E-state index contributed by atoms with van der Waals surface area (Å²) in [6.45, 7) is 11.1. The molecule has 0 amide bonds. The van der Waals surface area contributed by atoms with Crippen molar-refractivity contribution in [3.8, 4) is 0 Å². The van der Waals surface area contributed by atoms with E-state index in [-0.39, 0.29) is 6.29 Å². The highest BCUT2D eigenvalue weighted by Crippen LogP contribution is 2.04. The van der Waals surface area contributed by atoms with Crippen molar-refractivity contribution < 1.29 is 14.2 Å². The molecule has 0 aromatic rings. The smallest absolute Gasteiger partial charge is 0.180 e. The predicted molar refractivity (Wildman–Crippen MR) is 61.9 cm³/mol. The van der Waals surface area contributed by atoms with Crippen molar-refractivity contribution in [2.45, 2.75) is 46.8 Å². The van der Waals surface area contributed by atoms with Gasteiger partial charge in [-0.2, -0.15) is 0 Å². The molecule has 0 heterocycles. The van der Waals surface area contributed by atoms with E-state index < -0.39 is 0 Å². The molecule has 0 aliphatic carbocycles. The van der Waals surface area contributed by atoms with Gasteiger partial charge in [0.25, 0.3) is 0 Å². The monoisotopic (exact) mass is 218 g/mol. The topological polar surface area (TPSA) is 27.7 Å². The van der Waals surface area contributed by atoms with Crippen molar-refractivity contribution in [2.24, 2.45) is 5.92 Å². The Kier molecular flexibility index (Phi) is 10.3. The minimum absolute atomic E-state index is 0.195. The first-order valence-electron chi connectivity index (χ1n) is 6.01. The lowest BCUT2D eigenvalue weighted by Gasteiger charge is -2.16. The highest BCUT2D eigenvalue weighted by Gasteiger charge is 2.07. The van der Waals surface area contributed by atoms with E-state index in [0.717, 1.165) is 18.9 Å². The van der Waals surface area contributed by atoms with Crippen LogP contribution in [0.4, 0.5) is 0 Å². The molecule has 0 rings (SSSR count). The normalized spacial score (nSPS) is 11.6. The predicted octanol–water partition coefficient (Wildman–Crippen LogP) is 2.84. The number of hydrogen-bond donors (Lipinski definition) is 0. The fourth-order valence-electron chi connectivity index (χ4n) is 1.29. The van der Waals surface area contributed by atoms with Gasteiger partial charge in [0.05, 0.1) is 6.61 Å². The van der Waals surface area contributed by atoms with Crippen LogP contribution in [0.25, 0.3) is 0 Å². The molecule has 0 aromatic heterocycles. The molecule has 15 heavy (non-hydrogen) atoms. The molecular formula is C12H26O3. The lowest BCUT2D eigenvalue weighted by atomic mass is 10.1. The van der Waals surface area contributed by atoms with Gasteiger partial charge in [-0.3, -0.25) is 0 Å². The molecule has 0 saturated heterocycles. The molecule has 0 spiro atoms. The Labute approximate surface area is 94.1 Å². The maximum absolute atomic E-state index is 5.50. The molecule has 0 bridgehead atoms. The highest BCUT2D eigenvalue weighted by atomic mass is 16.7. The Hall–Kier alpha value is -0.120. The SMILES string of the molecule is CCOC(COCCCC(C)C)OCC. The molecule has 3 nitrogen and oxygen atoms in total. The van der Waals surface area contributed by atoms with Crippen LogP contribution in [0, 0.1) is 5.92 Å². The summed E-state index contributed by atoms with van der Waals surface area (Å²) >= 11 is 0. The van der Waals surface area contributed by atoms with Gasteiger partial charge in [0.1, 0.15) is 0 Å². The average molecular weight is 218 g/mol. The second kappa shape index (κ2) is 10.4. The first-order chi connectivity index (χ1) is 7.20. The summed E-state index contributed by atoms with van der Waals surface area (Å²) in [5.74, 6) is 0.753. The molecule has 0 fully saturated rings. The van der Waals surface area contributed by atoms with Crippen LogP contribution in [0.5, 0.6) is 0 Å². The standard InChI is InChI=1S/C12H26O3/c1-5-14-12(15-6-2)10-13-9-7-8-11(3)4/h11-12H,5-10H2,1-4H3. The van der Waals surface area contributed by atoms with Gasteiger partial charge in [0.15, 0.2) is 6.29 Å². The Morgan fingerprint density at radius 2 is 1.60 bits per heavy atom. The maximum Gasteiger partial charge on any atom is 0.180 e. The summed E-state index contributed by atoms with van der Waals surface area (Å²) in [6.07, 6.45) is 2.13. The van der Waals surface area contributed by atoms with E-state index in [1.165, 1.54) is 6.42 Å². The zero-order valence-corrected chi connectivity index (χ0v) is 10.6. The third-order valence-electron chi connectivity index (χ3n) is 2.03. The van der Waals surface area contributed by atoms with Crippen LogP contribution < -0.4 is 0 Å². The summed E-state index contributed by atoms with van der Waals surface area (Å²) in [4.78, 5) is 0. The van der Waals surface area contributed by atoms with Crippen LogP contribution in [0.15, 0.2) is 0 Å². The molecule has 0 aliphatic heterocycles. The molecule has 0 unspecified atom stereocenters. The fraction of sp³-hybridized carbons (Fsp3) is 1.00. The Morgan fingerprint density at radius 1 is 1.00 bits per heavy atom. The van der Waals surface area contributed by atoms with E-state index in [2.05, 4.69) is 13.8 Å². The molecule has 0 aromatic carbocycles. The molecule has 0 N–H and O–H groups in total. The van der Waals surface area contributed by atoms with Crippen molar-refractivity contribution in [1.82, 2.24) is 0 Å². The zero-order valence-electron chi connectivity index (χ0n) is 10.6. The summed E-state index contributed by atoms with van der Waals surface area (Å²) < 4.78 is 16.2. The summed E-state index contributed by atoms with van der Waals surface area (Å²) in [7, 11) is 0. The van der Waals surface area contributed by atoms with E-state index in [1.807, 2.05) is 13.8 Å². The van der Waals surface area contributed by atoms with E-state index >= 15 is 0 Å². The molecule has 92 valence electrons. The first kappa shape index (κ1) is 14.9. The Bertz CT molecular complexity index is 120. The van der Waals surface area contributed by atoms with Crippen molar-refractivity contribution in [2.75, 3.05) is 26.4 Å². The van der Waals surface area contributed by atoms with Crippen molar-refractivity contribution in [3.63, 3.8) is 0 Å². The number of rotatable bonds is 10. The lowest BCUT2D eigenvalue weighted by Crippen LogP contribution is -2.23. The van der Waals surface area contributed by atoms with Gasteiger partial charge < -0.3 is 14.2 Å². The van der Waals surface area contributed by atoms with E-state index in [4.69, 9.17) is 14.2 Å². The van der Waals surface area contributed by atoms with Gasteiger partial charge in [-0.15, -0.1) is 0 Å². The first-order valence-corrected chi connectivity index (χ1v) is 6.01. The van der Waals surface area contributed by atoms with E-state index in [0.29, 0.717) is 19.8 Å². The van der Waals surface area contributed by atoms with Crippen LogP contribution in [0.1, 0.15) is 40.5 Å². The van der Waals surface area contributed by atoms with Crippen molar-refractivity contribution in [3.05, 3.63) is 0 Å². The second-order valence-electron chi connectivity index (χ2n) is 3.95. The van der Waals surface area contributed by atoms with Crippen LogP contribution in [-0.4, -0.2) is 32.7 Å². The average Bonchev–Trinajstić information content (AvgIpc) is 2.17. The quantitative estimate of drug-likeness (QED) is 0.417. The lowest BCUT2D eigenvalue weighted by molar-refractivity contribution is -0.167. The Balaban J connectivity index is 3.36. The molecule has 0 atom stereocenters. The minimum Gasteiger partial charge on any atom is -0.376 e. The Morgan fingerprint density at radius 3 is 2.07 bits per heavy atom. The molecule has 0 saturated carbocycles. The summed E-state index contributed by atoms with van der Waals surface area (Å²) in [6, 6.07) is 0. The van der Waals surface area contributed by atoms with Gasteiger partial charge in [-0.05, 0) is 32.6 Å². The number of hydrogen-bond acceptors (Lipinski definition) is 3. The fourth-order valence-corrected chi connectivity index (χ4v) is 1.29. The zero-order chi connectivity index (χ0) is 11.5. The van der Waals surface area contributed by atoms with Crippen LogP contribution in [-0.2, 0) is 14.2 Å². The van der Waals surface area contributed by atoms with E-state index in [1.54, 1.807) is 0 Å². The van der Waals surface area contributed by atoms with Crippen LogP contribution in [0.3, 0.4) is 0 Å². The molecule has 0 radical (unpaired) electrons. The van der Waals surface area contributed by atoms with Crippen molar-refractivity contribution >= 4 is 0 Å². The van der Waals surface area contributed by atoms with Gasteiger partial charge in [0, 0.05) is 19.8 Å². The molecule has 0 aliphatic rings. The highest BCUT2D eigenvalue weighted by molar-refractivity contribution is 4.46. The van der Waals surface area contributed by atoms with Crippen molar-refractivity contribution in [1.29, 1.82) is 0 Å². The third kappa shape index (κ3) is 10.2. The largest absolute Gasteiger partial charge is 0.376 e.